The topological polar surface area (TPSA) is 55.8 Å². The molecule has 0 aliphatic rings. The Kier molecular flexibility index (Phi) is 47.0. The minimum atomic E-state index is -0.653. The van der Waals surface area contributed by atoms with Gasteiger partial charge in [-0.25, -0.2) is 0 Å². The van der Waals surface area contributed by atoms with Crippen molar-refractivity contribution in [3.05, 3.63) is 60.2 Å². The summed E-state index contributed by atoms with van der Waals surface area (Å²) in [5.74, 6) is 0.718. The number of unbranched alkanes of at least 4 members (excludes halogenated alkanes) is 34. The molecule has 382 valence electrons. The molecule has 0 aliphatic heterocycles. The molecule has 1 aromatic carbocycles. The Morgan fingerprint density at radius 3 is 1.09 bits per heavy atom. The first-order valence-corrected chi connectivity index (χ1v) is 29.2. The largest absolute Gasteiger partial charge is 0.490 e. The van der Waals surface area contributed by atoms with Gasteiger partial charge in [0.25, 0.3) is 0 Å². The Labute approximate surface area is 411 Å². The van der Waals surface area contributed by atoms with Gasteiger partial charge in [0.1, 0.15) is 0 Å². The van der Waals surface area contributed by atoms with E-state index in [0.29, 0.717) is 19.6 Å². The number of carboxylic acids is 1. The smallest absolute Gasteiger partial charge is 0.306 e. The molecule has 1 aromatic rings. The van der Waals surface area contributed by atoms with Crippen molar-refractivity contribution >= 4 is 5.97 Å². The van der Waals surface area contributed by atoms with E-state index in [1.54, 1.807) is 0 Å². The molecular formula is C62H110O4. The van der Waals surface area contributed by atoms with Crippen LogP contribution in [0.15, 0.2) is 54.7 Å². The third-order valence-corrected chi connectivity index (χ3v) is 13.5. The molecule has 0 amide bonds. The SMILES string of the molecule is CCCCCCCCC=CCCCCCCCCOc1ccc(CCC(CCCCCCC=CCCCCCCCC)C(=O)O)cc1OCCCCCCCCC=CCCCCCCCC. The van der Waals surface area contributed by atoms with Gasteiger partial charge in [-0.15, -0.1) is 0 Å². The highest BCUT2D eigenvalue weighted by Crippen LogP contribution is 2.31. The molecule has 0 aliphatic carbocycles. The van der Waals surface area contributed by atoms with Crippen LogP contribution < -0.4 is 9.47 Å². The van der Waals surface area contributed by atoms with Gasteiger partial charge in [-0.05, 0) is 127 Å². The zero-order chi connectivity index (χ0) is 47.5. The average Bonchev–Trinajstić information content (AvgIpc) is 3.32. The van der Waals surface area contributed by atoms with E-state index in [9.17, 15) is 9.90 Å². The number of hydrogen-bond acceptors (Lipinski definition) is 3. The van der Waals surface area contributed by atoms with Crippen LogP contribution in [0.5, 0.6) is 11.5 Å². The van der Waals surface area contributed by atoms with Crippen molar-refractivity contribution in [2.75, 3.05) is 13.2 Å². The van der Waals surface area contributed by atoms with Gasteiger partial charge in [0.15, 0.2) is 11.5 Å². The molecule has 4 nitrogen and oxygen atoms in total. The maximum atomic E-state index is 12.3. The van der Waals surface area contributed by atoms with Gasteiger partial charge in [0.05, 0.1) is 19.1 Å². The van der Waals surface area contributed by atoms with Crippen molar-refractivity contribution in [3.8, 4) is 11.5 Å². The Morgan fingerprint density at radius 1 is 0.409 bits per heavy atom. The summed E-state index contributed by atoms with van der Waals surface area (Å²) in [6.45, 7) is 8.25. The Balaban J connectivity index is 2.46. The van der Waals surface area contributed by atoms with E-state index in [-0.39, 0.29) is 5.92 Å². The first kappa shape index (κ1) is 61.5. The van der Waals surface area contributed by atoms with Crippen molar-refractivity contribution in [1.82, 2.24) is 0 Å². The molecule has 1 unspecified atom stereocenters. The molecular weight excluding hydrogens is 809 g/mol. The molecule has 4 heteroatoms. The van der Waals surface area contributed by atoms with Crippen LogP contribution in [-0.2, 0) is 11.2 Å². The molecule has 0 bridgehead atoms. The molecule has 0 heterocycles. The van der Waals surface area contributed by atoms with Crippen molar-refractivity contribution in [3.63, 3.8) is 0 Å². The number of rotatable bonds is 52. The lowest BCUT2D eigenvalue weighted by Crippen LogP contribution is -2.14. The summed E-state index contributed by atoms with van der Waals surface area (Å²) in [6.07, 6.45) is 67.9. The lowest BCUT2D eigenvalue weighted by atomic mass is 9.93. The predicted molar refractivity (Wildman–Crippen MR) is 291 cm³/mol. The van der Waals surface area contributed by atoms with Gasteiger partial charge in [-0.2, -0.15) is 0 Å². The molecule has 1 rings (SSSR count). The number of allylic oxidation sites excluding steroid dienone is 6. The van der Waals surface area contributed by atoms with Gasteiger partial charge in [0.2, 0.25) is 0 Å². The fourth-order valence-corrected chi connectivity index (χ4v) is 9.02. The van der Waals surface area contributed by atoms with Gasteiger partial charge in [-0.1, -0.05) is 230 Å². The lowest BCUT2D eigenvalue weighted by molar-refractivity contribution is -0.142. The summed E-state index contributed by atoms with van der Waals surface area (Å²) in [7, 11) is 0. The summed E-state index contributed by atoms with van der Waals surface area (Å²) in [4.78, 5) is 12.3. The molecule has 1 atom stereocenters. The summed E-state index contributed by atoms with van der Waals surface area (Å²) in [5, 5.41) is 10.1. The first-order valence-electron chi connectivity index (χ1n) is 29.2. The number of carbonyl (C=O) groups is 1. The van der Waals surface area contributed by atoms with Crippen LogP contribution in [0.2, 0.25) is 0 Å². The molecule has 0 radical (unpaired) electrons. The minimum absolute atomic E-state index is 0.296. The highest BCUT2D eigenvalue weighted by atomic mass is 16.5. The highest BCUT2D eigenvalue weighted by Gasteiger charge is 2.18. The predicted octanol–water partition coefficient (Wildman–Crippen LogP) is 20.8. The molecule has 0 aromatic heterocycles. The number of ether oxygens (including phenoxy) is 2. The van der Waals surface area contributed by atoms with Gasteiger partial charge < -0.3 is 14.6 Å². The number of aryl methyl sites for hydroxylation is 1. The van der Waals surface area contributed by atoms with Crippen LogP contribution in [0, 0.1) is 5.92 Å². The second-order valence-corrected chi connectivity index (χ2v) is 19.9. The molecule has 66 heavy (non-hydrogen) atoms. The van der Waals surface area contributed by atoms with Crippen LogP contribution >= 0.6 is 0 Å². The summed E-state index contributed by atoms with van der Waals surface area (Å²) in [5.41, 5.74) is 1.15. The van der Waals surface area contributed by atoms with E-state index in [1.807, 2.05) is 0 Å². The van der Waals surface area contributed by atoms with E-state index >= 15 is 0 Å². The van der Waals surface area contributed by atoms with Crippen molar-refractivity contribution in [2.24, 2.45) is 5.92 Å². The fourth-order valence-electron chi connectivity index (χ4n) is 9.02. The summed E-state index contributed by atoms with van der Waals surface area (Å²) >= 11 is 0. The number of carboxylic acid groups (broad SMARTS) is 1. The molecule has 0 saturated carbocycles. The van der Waals surface area contributed by atoms with Crippen LogP contribution in [0.1, 0.15) is 296 Å². The standard InChI is InChI=1S/C62H110O4/c1-4-7-10-13-16-19-22-25-28-30-33-36-39-42-45-48-55-65-60-54-52-58(51-53-59(62(63)64)50-47-44-41-38-35-32-27-24-21-18-15-12-9-6-3)57-61(60)66-56-49-46-43-40-37-34-31-29-26-23-20-17-14-11-8-5-2/h25-29,32,52,54,57,59H,4-24,30-31,33-51,53,55-56H2,1-3H3,(H,63,64). The number of aliphatic carboxylic acids is 1. The van der Waals surface area contributed by atoms with E-state index < -0.39 is 5.97 Å². The Morgan fingerprint density at radius 2 is 0.727 bits per heavy atom. The molecule has 1 N–H and O–H groups in total. The lowest BCUT2D eigenvalue weighted by Gasteiger charge is -2.16. The summed E-state index contributed by atoms with van der Waals surface area (Å²) < 4.78 is 12.8. The van der Waals surface area contributed by atoms with Gasteiger partial charge in [0, 0.05) is 0 Å². The average molecular weight is 920 g/mol. The van der Waals surface area contributed by atoms with E-state index in [1.165, 1.54) is 225 Å². The molecule has 0 spiro atoms. The van der Waals surface area contributed by atoms with E-state index in [4.69, 9.17) is 9.47 Å². The van der Waals surface area contributed by atoms with Crippen LogP contribution in [0.4, 0.5) is 0 Å². The quantitative estimate of drug-likeness (QED) is 0.0523. The van der Waals surface area contributed by atoms with Gasteiger partial charge in [-0.3, -0.25) is 4.79 Å². The van der Waals surface area contributed by atoms with E-state index in [2.05, 4.69) is 75.4 Å². The Bertz CT molecular complexity index is 1250. The van der Waals surface area contributed by atoms with Crippen molar-refractivity contribution < 1.29 is 19.4 Å². The number of hydrogen-bond donors (Lipinski definition) is 1. The van der Waals surface area contributed by atoms with Crippen LogP contribution in [0.25, 0.3) is 0 Å². The fraction of sp³-hybridized carbons (Fsp3) is 0.790. The highest BCUT2D eigenvalue weighted by molar-refractivity contribution is 5.69. The normalized spacial score (nSPS) is 12.3. The third kappa shape index (κ3) is 41.7. The monoisotopic (exact) mass is 919 g/mol. The molecule has 0 saturated heterocycles. The zero-order valence-corrected chi connectivity index (χ0v) is 44.3. The first-order chi connectivity index (χ1) is 32.6. The second-order valence-electron chi connectivity index (χ2n) is 19.9. The maximum Gasteiger partial charge on any atom is 0.306 e. The van der Waals surface area contributed by atoms with Crippen molar-refractivity contribution in [2.45, 2.75) is 297 Å². The molecule has 0 fully saturated rings. The third-order valence-electron chi connectivity index (χ3n) is 13.5. The minimum Gasteiger partial charge on any atom is -0.490 e. The Hall–Kier alpha value is -2.49. The van der Waals surface area contributed by atoms with Crippen molar-refractivity contribution in [1.29, 1.82) is 0 Å². The summed E-state index contributed by atoms with van der Waals surface area (Å²) in [6, 6.07) is 6.34. The number of benzene rings is 1. The van der Waals surface area contributed by atoms with Crippen LogP contribution in [0.3, 0.4) is 0 Å². The second kappa shape index (κ2) is 50.4. The maximum absolute atomic E-state index is 12.3. The van der Waals surface area contributed by atoms with Gasteiger partial charge >= 0.3 is 5.97 Å². The van der Waals surface area contributed by atoms with Crippen LogP contribution in [-0.4, -0.2) is 24.3 Å². The zero-order valence-electron chi connectivity index (χ0n) is 44.3. The van der Waals surface area contributed by atoms with E-state index in [0.717, 1.165) is 62.0 Å².